The minimum Gasteiger partial charge on any atom is -0.338 e. The van der Waals surface area contributed by atoms with Crippen LogP contribution in [0.5, 0.6) is 0 Å². The maximum absolute atomic E-state index is 11.8. The lowest BCUT2D eigenvalue weighted by Gasteiger charge is -2.11. The van der Waals surface area contributed by atoms with Gasteiger partial charge in [-0.3, -0.25) is 4.79 Å². The van der Waals surface area contributed by atoms with Crippen LogP contribution in [-0.2, 0) is 0 Å². The van der Waals surface area contributed by atoms with E-state index in [1.165, 1.54) is 0 Å². The van der Waals surface area contributed by atoms with Gasteiger partial charge in [-0.1, -0.05) is 44.7 Å². The molecule has 0 aliphatic heterocycles. The Morgan fingerprint density at radius 2 is 2.00 bits per heavy atom. The van der Waals surface area contributed by atoms with Gasteiger partial charge in [0.2, 0.25) is 0 Å². The second kappa shape index (κ2) is 6.07. The summed E-state index contributed by atoms with van der Waals surface area (Å²) in [5.74, 6) is 2.37. The number of carbonyl (C=O) groups is 1. The second-order valence-corrected chi connectivity index (χ2v) is 5.09. The number of benzene rings is 1. The third-order valence-electron chi connectivity index (χ3n) is 2.04. The van der Waals surface area contributed by atoms with Crippen molar-refractivity contribution in [3.8, 4) is 12.3 Å². The van der Waals surface area contributed by atoms with E-state index in [0.29, 0.717) is 5.56 Å². The lowest BCUT2D eigenvalue weighted by molar-refractivity contribution is 0.0945. The molecule has 1 atom stereocenters. The van der Waals surface area contributed by atoms with Crippen LogP contribution in [0.1, 0.15) is 23.7 Å². The quantitative estimate of drug-likeness (QED) is 0.837. The number of amides is 1. The van der Waals surface area contributed by atoms with Crippen LogP contribution in [0.2, 0.25) is 0 Å². The molecule has 0 fully saturated rings. The second-order valence-electron chi connectivity index (χ2n) is 3.26. The molecule has 0 heterocycles. The molecule has 1 N–H and O–H groups in total. The van der Waals surface area contributed by atoms with Gasteiger partial charge in [0.25, 0.3) is 5.91 Å². The Kier molecular flexibility index (Phi) is 5.04. The van der Waals surface area contributed by atoms with Gasteiger partial charge in [-0.05, 0) is 24.6 Å². The first-order valence-corrected chi connectivity index (χ1v) is 6.38. The van der Waals surface area contributed by atoms with Crippen molar-refractivity contribution in [1.29, 1.82) is 0 Å². The number of terminal acetylenes is 1. The molecule has 1 aromatic rings. The molecular formula is C12H11Br2NO. The zero-order chi connectivity index (χ0) is 12.1. The largest absolute Gasteiger partial charge is 0.338 e. The topological polar surface area (TPSA) is 29.1 Å². The van der Waals surface area contributed by atoms with Gasteiger partial charge in [0.05, 0.1) is 6.04 Å². The molecule has 0 bridgehead atoms. The van der Waals surface area contributed by atoms with Gasteiger partial charge in [0.15, 0.2) is 0 Å². The van der Waals surface area contributed by atoms with E-state index in [0.717, 1.165) is 15.4 Å². The lowest BCUT2D eigenvalue weighted by atomic mass is 10.2. The fourth-order valence-electron chi connectivity index (χ4n) is 1.19. The van der Waals surface area contributed by atoms with E-state index in [2.05, 4.69) is 43.1 Å². The van der Waals surface area contributed by atoms with Crippen molar-refractivity contribution < 1.29 is 4.79 Å². The summed E-state index contributed by atoms with van der Waals surface area (Å²) in [4.78, 5) is 11.8. The highest BCUT2D eigenvalue weighted by Crippen LogP contribution is 2.20. The van der Waals surface area contributed by atoms with Gasteiger partial charge >= 0.3 is 0 Å². The lowest BCUT2D eigenvalue weighted by Crippen LogP contribution is -2.33. The van der Waals surface area contributed by atoms with E-state index in [1.807, 2.05) is 13.0 Å². The molecular weight excluding hydrogens is 334 g/mol. The minimum absolute atomic E-state index is 0.160. The van der Waals surface area contributed by atoms with E-state index in [1.54, 1.807) is 12.1 Å². The maximum atomic E-state index is 11.8. The van der Waals surface area contributed by atoms with Crippen LogP contribution in [-0.4, -0.2) is 11.9 Å². The molecule has 0 spiro atoms. The SMILES string of the molecule is C#CC(CC)NC(=O)c1cc(Br)cc(Br)c1. The van der Waals surface area contributed by atoms with E-state index < -0.39 is 0 Å². The molecule has 1 unspecified atom stereocenters. The summed E-state index contributed by atoms with van der Waals surface area (Å²) >= 11 is 6.66. The van der Waals surface area contributed by atoms with Crippen LogP contribution in [0.3, 0.4) is 0 Å². The van der Waals surface area contributed by atoms with Crippen LogP contribution < -0.4 is 5.32 Å². The molecule has 0 saturated heterocycles. The molecule has 0 aliphatic carbocycles. The van der Waals surface area contributed by atoms with Gasteiger partial charge in [-0.2, -0.15) is 0 Å². The van der Waals surface area contributed by atoms with Crippen molar-refractivity contribution in [2.24, 2.45) is 0 Å². The Bertz CT molecular complexity index is 417. The average molecular weight is 345 g/mol. The number of hydrogen-bond acceptors (Lipinski definition) is 1. The normalized spacial score (nSPS) is 11.6. The van der Waals surface area contributed by atoms with Crippen LogP contribution in [0, 0.1) is 12.3 Å². The molecule has 0 aliphatic rings. The van der Waals surface area contributed by atoms with Crippen molar-refractivity contribution in [3.63, 3.8) is 0 Å². The van der Waals surface area contributed by atoms with Crippen LogP contribution in [0.4, 0.5) is 0 Å². The Morgan fingerprint density at radius 1 is 1.44 bits per heavy atom. The molecule has 84 valence electrons. The van der Waals surface area contributed by atoms with Crippen LogP contribution in [0.25, 0.3) is 0 Å². The zero-order valence-electron chi connectivity index (χ0n) is 8.76. The first kappa shape index (κ1) is 13.3. The maximum Gasteiger partial charge on any atom is 0.252 e. The summed E-state index contributed by atoms with van der Waals surface area (Å²) in [5, 5.41) is 2.77. The van der Waals surface area contributed by atoms with Gasteiger partial charge < -0.3 is 5.32 Å². The average Bonchev–Trinajstić information content (AvgIpc) is 2.24. The summed E-state index contributed by atoms with van der Waals surface area (Å²) in [7, 11) is 0. The summed E-state index contributed by atoms with van der Waals surface area (Å²) in [6.45, 7) is 1.93. The van der Waals surface area contributed by atoms with Crippen LogP contribution >= 0.6 is 31.9 Å². The van der Waals surface area contributed by atoms with Crippen molar-refractivity contribution in [3.05, 3.63) is 32.7 Å². The van der Waals surface area contributed by atoms with Gasteiger partial charge in [-0.15, -0.1) is 6.42 Å². The molecule has 0 radical (unpaired) electrons. The number of halogens is 2. The summed E-state index contributed by atoms with van der Waals surface area (Å²) in [6, 6.07) is 5.16. The summed E-state index contributed by atoms with van der Waals surface area (Å²) in [5.41, 5.74) is 0.579. The molecule has 1 aromatic carbocycles. The van der Waals surface area contributed by atoms with Crippen LogP contribution in [0.15, 0.2) is 27.1 Å². The van der Waals surface area contributed by atoms with Crippen molar-refractivity contribution >= 4 is 37.8 Å². The molecule has 0 saturated carbocycles. The van der Waals surface area contributed by atoms with Crippen molar-refractivity contribution in [1.82, 2.24) is 5.32 Å². The van der Waals surface area contributed by atoms with E-state index in [4.69, 9.17) is 6.42 Å². The third-order valence-corrected chi connectivity index (χ3v) is 2.96. The Hall–Kier alpha value is -0.790. The number of rotatable bonds is 3. The predicted molar refractivity (Wildman–Crippen MR) is 72.2 cm³/mol. The minimum atomic E-state index is -0.217. The van der Waals surface area contributed by atoms with Gasteiger partial charge in [-0.25, -0.2) is 0 Å². The molecule has 1 rings (SSSR count). The highest BCUT2D eigenvalue weighted by atomic mass is 79.9. The number of carbonyl (C=O) groups excluding carboxylic acids is 1. The van der Waals surface area contributed by atoms with Crippen molar-refractivity contribution in [2.75, 3.05) is 0 Å². The first-order valence-electron chi connectivity index (χ1n) is 4.80. The van der Waals surface area contributed by atoms with Gasteiger partial charge in [0.1, 0.15) is 0 Å². The molecule has 16 heavy (non-hydrogen) atoms. The highest BCUT2D eigenvalue weighted by molar-refractivity contribution is 9.11. The standard InChI is InChI=1S/C12H11Br2NO/c1-3-11(4-2)15-12(16)8-5-9(13)7-10(14)6-8/h1,5-7,11H,4H2,2H3,(H,15,16). The number of hydrogen-bond donors (Lipinski definition) is 1. The monoisotopic (exact) mass is 343 g/mol. The summed E-state index contributed by atoms with van der Waals surface area (Å²) in [6.07, 6.45) is 6.01. The highest BCUT2D eigenvalue weighted by Gasteiger charge is 2.10. The van der Waals surface area contributed by atoms with Crippen molar-refractivity contribution in [2.45, 2.75) is 19.4 Å². The Balaban J connectivity index is 2.85. The summed E-state index contributed by atoms with van der Waals surface area (Å²) < 4.78 is 1.70. The first-order chi connectivity index (χ1) is 7.56. The molecule has 1 amide bonds. The Morgan fingerprint density at radius 3 is 2.44 bits per heavy atom. The molecule has 2 nitrogen and oxygen atoms in total. The fraction of sp³-hybridized carbons (Fsp3) is 0.250. The molecule has 4 heteroatoms. The third kappa shape index (κ3) is 3.66. The zero-order valence-corrected chi connectivity index (χ0v) is 11.9. The van der Waals surface area contributed by atoms with E-state index in [-0.39, 0.29) is 11.9 Å². The fourth-order valence-corrected chi connectivity index (χ4v) is 2.48. The van der Waals surface area contributed by atoms with Gasteiger partial charge in [0, 0.05) is 14.5 Å². The predicted octanol–water partition coefficient (Wildman–Crippen LogP) is 3.35. The molecule has 0 aromatic heterocycles. The van der Waals surface area contributed by atoms with E-state index in [9.17, 15) is 4.79 Å². The Labute approximate surface area is 112 Å². The number of nitrogens with one attached hydrogen (secondary N) is 1. The smallest absolute Gasteiger partial charge is 0.252 e. The van der Waals surface area contributed by atoms with E-state index >= 15 is 0 Å².